The molecule has 0 amide bonds. The Kier molecular flexibility index (Phi) is 3.02. The number of rotatable bonds is 2. The molecule has 0 unspecified atom stereocenters. The van der Waals surface area contributed by atoms with Crippen LogP contribution in [0.15, 0.2) is 40.9 Å². The topological polar surface area (TPSA) is 68.0 Å². The summed E-state index contributed by atoms with van der Waals surface area (Å²) >= 11 is 3.46. The molecule has 0 saturated carbocycles. The van der Waals surface area contributed by atoms with Gasteiger partial charge in [0.25, 0.3) is 0 Å². The van der Waals surface area contributed by atoms with Crippen LogP contribution in [0.2, 0.25) is 0 Å². The highest BCUT2D eigenvalue weighted by Gasteiger charge is 2.16. The van der Waals surface area contributed by atoms with E-state index in [0.29, 0.717) is 11.0 Å². The van der Waals surface area contributed by atoms with Gasteiger partial charge in [0.2, 0.25) is 0 Å². The molecule has 0 saturated heterocycles. The molecule has 5 nitrogen and oxygen atoms in total. The lowest BCUT2D eigenvalue weighted by Crippen LogP contribution is -2.04. The normalized spacial score (nSPS) is 10.9. The second kappa shape index (κ2) is 4.72. The van der Waals surface area contributed by atoms with Crippen LogP contribution in [0.4, 0.5) is 0 Å². The van der Waals surface area contributed by atoms with Gasteiger partial charge >= 0.3 is 5.97 Å². The molecular formula is C14H10BrN3O2. The molecular weight excluding hydrogens is 322 g/mol. The second-order valence-electron chi connectivity index (χ2n) is 4.43. The summed E-state index contributed by atoms with van der Waals surface area (Å²) in [5, 5.41) is 17.4. The van der Waals surface area contributed by atoms with E-state index >= 15 is 0 Å². The number of nitrogens with zero attached hydrogens (tertiary/aromatic N) is 3. The summed E-state index contributed by atoms with van der Waals surface area (Å²) in [5.41, 5.74) is 3.05. The van der Waals surface area contributed by atoms with Gasteiger partial charge in [-0.3, -0.25) is 0 Å². The summed E-state index contributed by atoms with van der Waals surface area (Å²) in [7, 11) is 0. The molecule has 0 aliphatic carbocycles. The highest BCUT2D eigenvalue weighted by molar-refractivity contribution is 9.10. The van der Waals surface area contributed by atoms with E-state index in [1.165, 1.54) is 0 Å². The number of carboxylic acid groups (broad SMARTS) is 1. The number of carboxylic acids is 1. The van der Waals surface area contributed by atoms with E-state index in [0.717, 1.165) is 15.7 Å². The van der Waals surface area contributed by atoms with Gasteiger partial charge in [-0.1, -0.05) is 17.3 Å². The third-order valence-electron chi connectivity index (χ3n) is 3.03. The quantitative estimate of drug-likeness (QED) is 0.783. The van der Waals surface area contributed by atoms with E-state index < -0.39 is 5.97 Å². The molecule has 1 aromatic heterocycles. The van der Waals surface area contributed by atoms with Crippen molar-refractivity contribution >= 4 is 32.9 Å². The van der Waals surface area contributed by atoms with Gasteiger partial charge in [-0.2, -0.15) is 0 Å². The largest absolute Gasteiger partial charge is 0.478 e. The van der Waals surface area contributed by atoms with Crippen LogP contribution >= 0.6 is 15.9 Å². The summed E-state index contributed by atoms with van der Waals surface area (Å²) in [6, 6.07) is 10.8. The van der Waals surface area contributed by atoms with Crippen molar-refractivity contribution in [2.45, 2.75) is 6.92 Å². The van der Waals surface area contributed by atoms with Gasteiger partial charge in [0, 0.05) is 4.47 Å². The van der Waals surface area contributed by atoms with Crippen LogP contribution in [-0.4, -0.2) is 26.1 Å². The molecule has 0 spiro atoms. The molecule has 0 fully saturated rings. The third-order valence-corrected chi connectivity index (χ3v) is 3.70. The Labute approximate surface area is 123 Å². The van der Waals surface area contributed by atoms with E-state index in [2.05, 4.69) is 26.2 Å². The molecule has 0 bridgehead atoms. The maximum absolute atomic E-state index is 11.4. The van der Waals surface area contributed by atoms with Gasteiger partial charge in [0.15, 0.2) is 0 Å². The smallest absolute Gasteiger partial charge is 0.337 e. The Balaban J connectivity index is 2.37. The number of benzene rings is 2. The average Bonchev–Trinajstić information content (AvgIpc) is 2.85. The molecule has 100 valence electrons. The maximum atomic E-state index is 11.4. The molecule has 0 atom stereocenters. The number of halogens is 1. The minimum absolute atomic E-state index is 0.181. The lowest BCUT2D eigenvalue weighted by molar-refractivity contribution is 0.0698. The molecule has 1 N–H and O–H groups in total. The highest BCUT2D eigenvalue weighted by Crippen LogP contribution is 2.26. The van der Waals surface area contributed by atoms with Gasteiger partial charge in [-0.25, -0.2) is 9.48 Å². The first-order chi connectivity index (χ1) is 9.58. The van der Waals surface area contributed by atoms with Gasteiger partial charge < -0.3 is 5.11 Å². The standard InChI is InChI=1S/C14H10BrN3O2/c1-8-5-6-10(15)12(7-8)18-13-9(14(19)20)3-2-4-11(13)16-17-18/h2-7H,1H3,(H,19,20). The number of aromatic nitrogens is 3. The van der Waals surface area contributed by atoms with Gasteiger partial charge in [0.05, 0.1) is 11.3 Å². The second-order valence-corrected chi connectivity index (χ2v) is 5.29. The fourth-order valence-electron chi connectivity index (χ4n) is 2.10. The van der Waals surface area contributed by atoms with Crippen molar-refractivity contribution in [1.29, 1.82) is 0 Å². The van der Waals surface area contributed by atoms with Crippen LogP contribution in [0.1, 0.15) is 15.9 Å². The molecule has 2 aromatic carbocycles. The number of hydrogen-bond donors (Lipinski definition) is 1. The zero-order valence-electron chi connectivity index (χ0n) is 10.5. The lowest BCUT2D eigenvalue weighted by Gasteiger charge is -2.07. The molecule has 6 heteroatoms. The van der Waals surface area contributed by atoms with Crippen LogP contribution in [0.5, 0.6) is 0 Å². The van der Waals surface area contributed by atoms with Crippen LogP contribution in [-0.2, 0) is 0 Å². The van der Waals surface area contributed by atoms with Crippen molar-refractivity contribution in [2.75, 3.05) is 0 Å². The number of para-hydroxylation sites is 1. The number of aromatic carboxylic acids is 1. The van der Waals surface area contributed by atoms with Crippen molar-refractivity contribution in [3.05, 3.63) is 52.0 Å². The van der Waals surface area contributed by atoms with Crippen molar-refractivity contribution in [1.82, 2.24) is 15.0 Å². The van der Waals surface area contributed by atoms with Gasteiger partial charge in [-0.05, 0) is 52.7 Å². The van der Waals surface area contributed by atoms with E-state index in [1.807, 2.05) is 25.1 Å². The molecule has 3 rings (SSSR count). The molecule has 0 aliphatic rings. The van der Waals surface area contributed by atoms with Crippen molar-refractivity contribution < 1.29 is 9.90 Å². The fourth-order valence-corrected chi connectivity index (χ4v) is 2.51. The van der Waals surface area contributed by atoms with Gasteiger partial charge in [-0.15, -0.1) is 5.10 Å². The van der Waals surface area contributed by atoms with E-state index in [1.54, 1.807) is 22.9 Å². The van der Waals surface area contributed by atoms with E-state index in [9.17, 15) is 9.90 Å². The number of carbonyl (C=O) groups is 1. The number of hydrogen-bond acceptors (Lipinski definition) is 3. The van der Waals surface area contributed by atoms with Crippen LogP contribution in [0, 0.1) is 6.92 Å². The highest BCUT2D eigenvalue weighted by atomic mass is 79.9. The number of aryl methyl sites for hydroxylation is 1. The maximum Gasteiger partial charge on any atom is 0.337 e. The Hall–Kier alpha value is -2.21. The molecule has 0 radical (unpaired) electrons. The van der Waals surface area contributed by atoms with Crippen LogP contribution in [0.3, 0.4) is 0 Å². The molecule has 20 heavy (non-hydrogen) atoms. The number of fused-ring (bicyclic) bond motifs is 1. The van der Waals surface area contributed by atoms with Crippen LogP contribution in [0.25, 0.3) is 16.7 Å². The summed E-state index contributed by atoms with van der Waals surface area (Å²) in [5.74, 6) is -0.997. The Bertz CT molecular complexity index is 826. The minimum Gasteiger partial charge on any atom is -0.478 e. The van der Waals surface area contributed by atoms with Crippen LogP contribution < -0.4 is 0 Å². The van der Waals surface area contributed by atoms with Crippen molar-refractivity contribution in [3.63, 3.8) is 0 Å². The first-order valence-corrected chi connectivity index (χ1v) is 6.71. The lowest BCUT2D eigenvalue weighted by atomic mass is 10.1. The summed E-state index contributed by atoms with van der Waals surface area (Å²) in [6.45, 7) is 1.97. The van der Waals surface area contributed by atoms with E-state index in [-0.39, 0.29) is 5.56 Å². The predicted octanol–water partition coefficient (Wildman–Crippen LogP) is 3.19. The fraction of sp³-hybridized carbons (Fsp3) is 0.0714. The predicted molar refractivity (Wildman–Crippen MR) is 78.3 cm³/mol. The summed E-state index contributed by atoms with van der Waals surface area (Å²) < 4.78 is 2.38. The zero-order chi connectivity index (χ0) is 14.3. The zero-order valence-corrected chi connectivity index (χ0v) is 12.1. The summed E-state index contributed by atoms with van der Waals surface area (Å²) in [4.78, 5) is 11.4. The van der Waals surface area contributed by atoms with Gasteiger partial charge in [0.1, 0.15) is 11.0 Å². The Morgan fingerprint density at radius 2 is 2.10 bits per heavy atom. The third kappa shape index (κ3) is 1.98. The van der Waals surface area contributed by atoms with Crippen molar-refractivity contribution in [2.24, 2.45) is 0 Å². The molecule has 1 heterocycles. The Morgan fingerprint density at radius 1 is 1.30 bits per heavy atom. The monoisotopic (exact) mass is 331 g/mol. The summed E-state index contributed by atoms with van der Waals surface area (Å²) in [6.07, 6.45) is 0. The molecule has 0 aliphatic heterocycles. The Morgan fingerprint density at radius 3 is 2.85 bits per heavy atom. The first kappa shape index (κ1) is 12.8. The molecule has 3 aromatic rings. The average molecular weight is 332 g/mol. The van der Waals surface area contributed by atoms with E-state index in [4.69, 9.17) is 0 Å². The van der Waals surface area contributed by atoms with Crippen molar-refractivity contribution in [3.8, 4) is 5.69 Å². The minimum atomic E-state index is -0.997. The first-order valence-electron chi connectivity index (χ1n) is 5.92. The SMILES string of the molecule is Cc1ccc(Br)c(-n2nnc3cccc(C(=O)O)c32)c1.